The molecule has 0 aliphatic carbocycles. The fourth-order valence-corrected chi connectivity index (χ4v) is 6.34. The molecule has 0 fully saturated rings. The van der Waals surface area contributed by atoms with Crippen molar-refractivity contribution < 1.29 is 18.8 Å². The van der Waals surface area contributed by atoms with Gasteiger partial charge < -0.3 is 16.0 Å². The van der Waals surface area contributed by atoms with E-state index in [0.29, 0.717) is 16.4 Å². The Morgan fingerprint density at radius 3 is 2.33 bits per heavy atom. The number of aryl methyl sites for hydroxylation is 1. The highest BCUT2D eigenvalue weighted by Gasteiger charge is 2.20. The summed E-state index contributed by atoms with van der Waals surface area (Å²) < 4.78 is 14.6. The van der Waals surface area contributed by atoms with E-state index in [9.17, 15) is 18.8 Å². The van der Waals surface area contributed by atoms with Gasteiger partial charge in [-0.25, -0.2) is 9.37 Å². The van der Waals surface area contributed by atoms with Crippen LogP contribution in [0.1, 0.15) is 27.7 Å². The first-order valence-electron chi connectivity index (χ1n) is 14.1. The molecule has 0 saturated carbocycles. The van der Waals surface area contributed by atoms with Crippen LogP contribution in [-0.2, 0) is 9.59 Å². The van der Waals surface area contributed by atoms with Crippen molar-refractivity contribution in [2.75, 3.05) is 10.6 Å². The normalized spacial score (nSPS) is 11.9. The first kappa shape index (κ1) is 32.6. The van der Waals surface area contributed by atoms with Gasteiger partial charge in [0.25, 0.3) is 11.8 Å². The number of rotatable bonds is 10. The van der Waals surface area contributed by atoms with Gasteiger partial charge >= 0.3 is 0 Å². The number of thioether (sulfide) groups is 1. The minimum Gasteiger partial charge on any atom is -0.321 e. The second kappa shape index (κ2) is 15.0. The van der Waals surface area contributed by atoms with Crippen LogP contribution in [0.2, 0.25) is 5.02 Å². The predicted molar refractivity (Wildman–Crippen MR) is 185 cm³/mol. The number of nitrogens with zero attached hydrogens (tertiary/aromatic N) is 1. The van der Waals surface area contributed by atoms with Crippen LogP contribution in [-0.4, -0.2) is 28.0 Å². The van der Waals surface area contributed by atoms with Gasteiger partial charge in [-0.3, -0.25) is 14.4 Å². The fourth-order valence-electron chi connectivity index (χ4n) is 4.36. The topological polar surface area (TPSA) is 100 Å². The number of benzene rings is 4. The molecule has 232 valence electrons. The van der Waals surface area contributed by atoms with Crippen LogP contribution in [0.3, 0.4) is 0 Å². The van der Waals surface area contributed by atoms with Crippen LogP contribution < -0.4 is 16.0 Å². The Labute approximate surface area is 278 Å². The van der Waals surface area contributed by atoms with Crippen LogP contribution in [0, 0.1) is 12.7 Å². The maximum atomic E-state index is 14.6. The summed E-state index contributed by atoms with van der Waals surface area (Å²) in [5.74, 6) is -2.11. The molecule has 1 atom stereocenters. The average molecular weight is 671 g/mol. The van der Waals surface area contributed by atoms with E-state index in [0.717, 1.165) is 21.0 Å². The van der Waals surface area contributed by atoms with Gasteiger partial charge in [0.15, 0.2) is 5.13 Å². The molecular weight excluding hydrogens is 643 g/mol. The molecule has 0 spiro atoms. The second-order valence-electron chi connectivity index (χ2n) is 10.0. The van der Waals surface area contributed by atoms with Crippen LogP contribution in [0.4, 0.5) is 15.2 Å². The van der Waals surface area contributed by atoms with Crippen molar-refractivity contribution in [3.63, 3.8) is 0 Å². The fraction of sp³-hybridized carbons (Fsp3) is 0.0857. The van der Waals surface area contributed by atoms with Crippen molar-refractivity contribution in [2.24, 2.45) is 0 Å². The van der Waals surface area contributed by atoms with E-state index in [1.807, 2.05) is 43.3 Å². The van der Waals surface area contributed by atoms with Gasteiger partial charge in [0.2, 0.25) is 5.91 Å². The smallest absolute Gasteiger partial charge is 0.272 e. The number of hydrogen-bond acceptors (Lipinski definition) is 6. The summed E-state index contributed by atoms with van der Waals surface area (Å²) in [7, 11) is 0. The maximum absolute atomic E-state index is 14.6. The maximum Gasteiger partial charge on any atom is 0.272 e. The van der Waals surface area contributed by atoms with Crippen LogP contribution in [0.5, 0.6) is 0 Å². The largest absolute Gasteiger partial charge is 0.321 e. The third-order valence-corrected chi connectivity index (χ3v) is 8.97. The monoisotopic (exact) mass is 670 g/mol. The number of aromatic nitrogens is 1. The Morgan fingerprint density at radius 1 is 0.913 bits per heavy atom. The van der Waals surface area contributed by atoms with Crippen molar-refractivity contribution in [3.05, 3.63) is 136 Å². The molecule has 5 aromatic rings. The van der Waals surface area contributed by atoms with Gasteiger partial charge in [-0.05, 0) is 62.4 Å². The van der Waals surface area contributed by atoms with Crippen LogP contribution in [0.15, 0.2) is 114 Å². The van der Waals surface area contributed by atoms with Crippen molar-refractivity contribution in [1.29, 1.82) is 0 Å². The summed E-state index contributed by atoms with van der Waals surface area (Å²) in [4.78, 5) is 45.8. The molecule has 1 heterocycles. The highest BCUT2D eigenvalue weighted by molar-refractivity contribution is 8.00. The molecule has 0 bridgehead atoms. The Kier molecular flexibility index (Phi) is 10.6. The molecule has 3 amide bonds. The van der Waals surface area contributed by atoms with Crippen molar-refractivity contribution in [2.45, 2.75) is 24.0 Å². The van der Waals surface area contributed by atoms with E-state index in [-0.39, 0.29) is 22.2 Å². The zero-order chi connectivity index (χ0) is 32.6. The van der Waals surface area contributed by atoms with Crippen molar-refractivity contribution in [3.8, 4) is 11.3 Å². The Bertz CT molecular complexity index is 1900. The van der Waals surface area contributed by atoms with E-state index < -0.39 is 22.9 Å². The number of hydrogen-bond donors (Lipinski definition) is 3. The molecule has 3 N–H and O–H groups in total. The minimum atomic E-state index is -0.690. The number of carbonyl (C=O) groups excluding carboxylic acids is 3. The lowest BCUT2D eigenvalue weighted by Crippen LogP contribution is -2.30. The number of halogens is 2. The summed E-state index contributed by atoms with van der Waals surface area (Å²) in [6.45, 7) is 3.74. The van der Waals surface area contributed by atoms with Gasteiger partial charge in [0.05, 0.1) is 16.0 Å². The van der Waals surface area contributed by atoms with Gasteiger partial charge in [-0.2, -0.15) is 0 Å². The Morgan fingerprint density at radius 2 is 1.61 bits per heavy atom. The first-order chi connectivity index (χ1) is 22.2. The SMILES string of the molecule is Cc1sc(NC(=O)C(C)Sc2cccc(NC(=O)/C(=C\c3c(F)cccc3Cl)NC(=O)c3ccccc3)c2)nc1-c1ccccc1. The highest BCUT2D eigenvalue weighted by Crippen LogP contribution is 2.32. The molecule has 1 aromatic heterocycles. The third-order valence-electron chi connectivity index (χ3n) is 6.67. The molecule has 5 rings (SSSR count). The molecule has 4 aromatic carbocycles. The lowest BCUT2D eigenvalue weighted by molar-refractivity contribution is -0.115. The molecule has 1 unspecified atom stereocenters. The quantitative estimate of drug-likeness (QED) is 0.102. The van der Waals surface area contributed by atoms with Gasteiger partial charge in [-0.15, -0.1) is 23.1 Å². The number of amides is 3. The van der Waals surface area contributed by atoms with E-state index >= 15 is 0 Å². The molecule has 0 aliphatic heterocycles. The lowest BCUT2D eigenvalue weighted by Gasteiger charge is -2.14. The van der Waals surface area contributed by atoms with Gasteiger partial charge in [-0.1, -0.05) is 72.3 Å². The molecule has 0 aliphatic rings. The Balaban J connectivity index is 1.29. The van der Waals surface area contributed by atoms with Gasteiger partial charge in [0, 0.05) is 32.2 Å². The van der Waals surface area contributed by atoms with Crippen LogP contribution in [0.25, 0.3) is 17.3 Å². The summed E-state index contributed by atoms with van der Waals surface area (Å²) in [6, 6.07) is 29.2. The van der Waals surface area contributed by atoms with Gasteiger partial charge in [0.1, 0.15) is 11.5 Å². The third kappa shape index (κ3) is 8.28. The van der Waals surface area contributed by atoms with Crippen LogP contribution >= 0.6 is 34.7 Å². The van der Waals surface area contributed by atoms with Crippen molar-refractivity contribution in [1.82, 2.24) is 10.3 Å². The van der Waals surface area contributed by atoms with E-state index in [2.05, 4.69) is 20.9 Å². The lowest BCUT2D eigenvalue weighted by atomic mass is 10.1. The highest BCUT2D eigenvalue weighted by atomic mass is 35.5. The summed E-state index contributed by atoms with van der Waals surface area (Å²) in [6.07, 6.45) is 1.20. The zero-order valence-corrected chi connectivity index (χ0v) is 27.1. The average Bonchev–Trinajstić information content (AvgIpc) is 3.42. The summed E-state index contributed by atoms with van der Waals surface area (Å²) in [5, 5.41) is 8.35. The summed E-state index contributed by atoms with van der Waals surface area (Å²) in [5.41, 5.74) is 2.28. The van der Waals surface area contributed by atoms with E-state index in [4.69, 9.17) is 11.6 Å². The predicted octanol–water partition coefficient (Wildman–Crippen LogP) is 8.44. The first-order valence-corrected chi connectivity index (χ1v) is 16.2. The summed E-state index contributed by atoms with van der Waals surface area (Å²) >= 11 is 8.92. The molecule has 46 heavy (non-hydrogen) atoms. The standard InChI is InChI=1S/C35H28ClFN4O3S2/c1-21-31(23-11-5-3-6-12-23)40-35(46-21)41-32(42)22(2)45-26-16-9-15-25(19-26)38-34(44)30(20-27-28(36)17-10-18-29(27)37)39-33(43)24-13-7-4-8-14-24/h3-20,22H,1-2H3,(H,38,44)(H,39,43)(H,40,41,42)/b30-20+. The molecule has 0 saturated heterocycles. The number of carbonyl (C=O) groups is 3. The zero-order valence-electron chi connectivity index (χ0n) is 24.7. The van der Waals surface area contributed by atoms with E-state index in [1.165, 1.54) is 47.4 Å². The number of anilines is 2. The molecule has 7 nitrogen and oxygen atoms in total. The van der Waals surface area contributed by atoms with Crippen molar-refractivity contribution >= 4 is 69.3 Å². The molecular formula is C35H28ClFN4O3S2. The second-order valence-corrected chi connectivity index (χ2v) is 13.1. The van der Waals surface area contributed by atoms with E-state index in [1.54, 1.807) is 55.5 Å². The Hall–Kier alpha value is -4.77. The number of nitrogens with one attached hydrogen (secondary N) is 3. The molecule has 11 heteroatoms. The number of thiazole rings is 1. The minimum absolute atomic E-state index is 0.0434. The molecule has 0 radical (unpaired) electrons.